The molecule has 3 aromatic carbocycles. The van der Waals surface area contributed by atoms with Gasteiger partial charge in [0.05, 0.1) is 17.8 Å². The van der Waals surface area contributed by atoms with Gasteiger partial charge in [0.2, 0.25) is 5.91 Å². The lowest BCUT2D eigenvalue weighted by molar-refractivity contribution is -0.115. The zero-order chi connectivity index (χ0) is 22.2. The lowest BCUT2D eigenvalue weighted by atomic mass is 10.1. The lowest BCUT2D eigenvalue weighted by Gasteiger charge is -2.10. The average molecular weight is 423 g/mol. The molecule has 0 bridgehead atoms. The number of carbonyl (C=O) groups excluding carboxylic acids is 1. The number of rotatable bonds is 4. The molecule has 1 amide bonds. The Balaban J connectivity index is 1.56. The van der Waals surface area contributed by atoms with E-state index in [4.69, 9.17) is 4.98 Å². The predicted molar refractivity (Wildman–Crippen MR) is 126 cm³/mol. The summed E-state index contributed by atoms with van der Waals surface area (Å²) in [6.07, 6.45) is 2.11. The number of hydrogen-bond donors (Lipinski definition) is 1. The fourth-order valence-electron chi connectivity index (χ4n) is 4.07. The summed E-state index contributed by atoms with van der Waals surface area (Å²) in [4.78, 5) is 17.9. The van der Waals surface area contributed by atoms with Crippen LogP contribution in [0.4, 0.5) is 10.1 Å². The van der Waals surface area contributed by atoms with Crippen LogP contribution in [0.5, 0.6) is 0 Å². The van der Waals surface area contributed by atoms with Crippen molar-refractivity contribution in [3.63, 3.8) is 0 Å². The van der Waals surface area contributed by atoms with Gasteiger partial charge in [-0.05, 0) is 60.7 Å². The van der Waals surface area contributed by atoms with E-state index in [-0.39, 0.29) is 18.1 Å². The van der Waals surface area contributed by atoms with E-state index in [1.54, 1.807) is 19.1 Å². The summed E-state index contributed by atoms with van der Waals surface area (Å²) in [5, 5.41) is 5.12. The van der Waals surface area contributed by atoms with Crippen LogP contribution in [0, 0.1) is 19.7 Å². The number of nitrogens with zero attached hydrogens (tertiary/aromatic N) is 2. The maximum absolute atomic E-state index is 13.9. The first kappa shape index (κ1) is 19.9. The van der Waals surface area contributed by atoms with Gasteiger partial charge in [0, 0.05) is 22.8 Å². The van der Waals surface area contributed by atoms with Crippen molar-refractivity contribution < 1.29 is 9.18 Å². The van der Waals surface area contributed by atoms with Crippen molar-refractivity contribution in [3.05, 3.63) is 102 Å². The van der Waals surface area contributed by atoms with E-state index in [2.05, 4.69) is 5.32 Å². The molecule has 0 aliphatic rings. The second kappa shape index (κ2) is 7.93. The van der Waals surface area contributed by atoms with Gasteiger partial charge in [-0.25, -0.2) is 9.37 Å². The van der Waals surface area contributed by atoms with Crippen molar-refractivity contribution in [1.29, 1.82) is 0 Å². The summed E-state index contributed by atoms with van der Waals surface area (Å²) in [6, 6.07) is 22.7. The van der Waals surface area contributed by atoms with Crippen LogP contribution in [0.2, 0.25) is 0 Å². The number of benzene rings is 3. The van der Waals surface area contributed by atoms with E-state index in [0.717, 1.165) is 38.9 Å². The quantitative estimate of drug-likeness (QED) is 0.380. The number of nitrogens with one attached hydrogen (secondary N) is 1. The molecule has 2 heterocycles. The molecule has 2 aromatic heterocycles. The molecule has 0 fully saturated rings. The van der Waals surface area contributed by atoms with Crippen molar-refractivity contribution in [2.75, 3.05) is 5.32 Å². The molecule has 0 saturated carbocycles. The van der Waals surface area contributed by atoms with Gasteiger partial charge in [0.25, 0.3) is 0 Å². The SMILES string of the molecule is Cc1ccc2nc(-c3ccc(F)c(C)c3)c(CC(=O)Nc3cccc4ccccc34)n2c1. The number of fused-ring (bicyclic) bond motifs is 2. The topological polar surface area (TPSA) is 46.4 Å². The number of hydrogen-bond acceptors (Lipinski definition) is 2. The number of halogens is 1. The third-order valence-corrected chi connectivity index (χ3v) is 5.69. The van der Waals surface area contributed by atoms with Crippen LogP contribution >= 0.6 is 0 Å². The Morgan fingerprint density at radius 1 is 1.00 bits per heavy atom. The highest BCUT2D eigenvalue weighted by molar-refractivity contribution is 6.02. The van der Waals surface area contributed by atoms with Crippen LogP contribution in [0.25, 0.3) is 27.7 Å². The molecular weight excluding hydrogens is 401 g/mol. The van der Waals surface area contributed by atoms with Gasteiger partial charge in [-0.1, -0.05) is 42.5 Å². The molecule has 0 radical (unpaired) electrons. The molecule has 158 valence electrons. The van der Waals surface area contributed by atoms with Gasteiger partial charge in [-0.15, -0.1) is 0 Å². The average Bonchev–Trinajstić information content (AvgIpc) is 3.13. The number of aromatic nitrogens is 2. The zero-order valence-electron chi connectivity index (χ0n) is 17.9. The van der Waals surface area contributed by atoms with Crippen LogP contribution < -0.4 is 5.32 Å². The van der Waals surface area contributed by atoms with Crippen LogP contribution in [-0.4, -0.2) is 15.3 Å². The van der Waals surface area contributed by atoms with Crippen LogP contribution in [0.1, 0.15) is 16.8 Å². The Morgan fingerprint density at radius 3 is 2.66 bits per heavy atom. The number of pyridine rings is 1. The van der Waals surface area contributed by atoms with Gasteiger partial charge < -0.3 is 9.72 Å². The fourth-order valence-corrected chi connectivity index (χ4v) is 4.07. The summed E-state index contributed by atoms with van der Waals surface area (Å²) >= 11 is 0. The fraction of sp³-hybridized carbons (Fsp3) is 0.111. The molecule has 32 heavy (non-hydrogen) atoms. The van der Waals surface area contributed by atoms with E-state index >= 15 is 0 Å². The largest absolute Gasteiger partial charge is 0.325 e. The second-order valence-electron chi connectivity index (χ2n) is 8.06. The maximum Gasteiger partial charge on any atom is 0.230 e. The highest BCUT2D eigenvalue weighted by atomic mass is 19.1. The zero-order valence-corrected chi connectivity index (χ0v) is 17.9. The first-order chi connectivity index (χ1) is 15.5. The molecular formula is C27H22FN3O. The standard InChI is InChI=1S/C27H22FN3O/c1-17-10-13-25-30-27(20-11-12-22(28)18(2)14-20)24(31(25)16-17)15-26(32)29-23-9-5-7-19-6-3-4-8-21(19)23/h3-14,16H,15H2,1-2H3,(H,29,32). The van der Waals surface area contributed by atoms with E-state index in [1.165, 1.54) is 6.07 Å². The summed E-state index contributed by atoms with van der Waals surface area (Å²) in [7, 11) is 0. The Morgan fingerprint density at radius 2 is 1.81 bits per heavy atom. The van der Waals surface area contributed by atoms with Crippen molar-refractivity contribution in [1.82, 2.24) is 9.38 Å². The molecule has 0 atom stereocenters. The van der Waals surface area contributed by atoms with Crippen molar-refractivity contribution in [3.8, 4) is 11.3 Å². The van der Waals surface area contributed by atoms with Gasteiger partial charge in [0.1, 0.15) is 11.5 Å². The van der Waals surface area contributed by atoms with Crippen molar-refractivity contribution in [2.45, 2.75) is 20.3 Å². The maximum atomic E-state index is 13.9. The monoisotopic (exact) mass is 423 g/mol. The minimum atomic E-state index is -0.261. The smallest absolute Gasteiger partial charge is 0.230 e. The van der Waals surface area contributed by atoms with Gasteiger partial charge >= 0.3 is 0 Å². The van der Waals surface area contributed by atoms with E-state index in [9.17, 15) is 9.18 Å². The third kappa shape index (κ3) is 3.62. The van der Waals surface area contributed by atoms with Gasteiger partial charge in [-0.3, -0.25) is 4.79 Å². The normalized spacial score (nSPS) is 11.2. The Bertz CT molecular complexity index is 1480. The predicted octanol–water partition coefficient (Wildman–Crippen LogP) is 6.09. The Hall–Kier alpha value is -3.99. The summed E-state index contributed by atoms with van der Waals surface area (Å²) < 4.78 is 15.8. The summed E-state index contributed by atoms with van der Waals surface area (Å²) in [5.74, 6) is -0.395. The summed E-state index contributed by atoms with van der Waals surface area (Å²) in [6.45, 7) is 3.73. The molecule has 4 nitrogen and oxygen atoms in total. The first-order valence-corrected chi connectivity index (χ1v) is 10.5. The second-order valence-corrected chi connectivity index (χ2v) is 8.06. The molecule has 0 aliphatic heterocycles. The van der Waals surface area contributed by atoms with E-state index in [0.29, 0.717) is 11.3 Å². The van der Waals surface area contributed by atoms with E-state index < -0.39 is 0 Å². The number of carbonyl (C=O) groups is 1. The van der Waals surface area contributed by atoms with Gasteiger partial charge in [-0.2, -0.15) is 0 Å². The summed E-state index contributed by atoms with van der Waals surface area (Å²) in [5.41, 5.74) is 5.38. The highest BCUT2D eigenvalue weighted by Gasteiger charge is 2.18. The highest BCUT2D eigenvalue weighted by Crippen LogP contribution is 2.28. The van der Waals surface area contributed by atoms with Gasteiger partial charge in [0.15, 0.2) is 0 Å². The van der Waals surface area contributed by atoms with E-state index in [1.807, 2.05) is 72.1 Å². The number of anilines is 1. The molecule has 5 heteroatoms. The number of aryl methyl sites for hydroxylation is 2. The lowest BCUT2D eigenvalue weighted by Crippen LogP contribution is -2.16. The van der Waals surface area contributed by atoms with Crippen LogP contribution in [0.15, 0.2) is 79.0 Å². The first-order valence-electron chi connectivity index (χ1n) is 10.5. The molecule has 0 spiro atoms. The van der Waals surface area contributed by atoms with Crippen molar-refractivity contribution in [2.24, 2.45) is 0 Å². The minimum absolute atomic E-state index is 0.134. The molecule has 1 N–H and O–H groups in total. The number of amides is 1. The number of imidazole rings is 1. The van der Waals surface area contributed by atoms with Crippen molar-refractivity contribution >= 4 is 28.0 Å². The molecule has 0 saturated heterocycles. The molecule has 0 unspecified atom stereocenters. The van der Waals surface area contributed by atoms with Crippen LogP contribution in [0.3, 0.4) is 0 Å². The third-order valence-electron chi connectivity index (χ3n) is 5.69. The molecule has 5 rings (SSSR count). The van der Waals surface area contributed by atoms with Crippen LogP contribution in [-0.2, 0) is 11.2 Å². The molecule has 5 aromatic rings. The Labute approximate surface area is 185 Å². The minimum Gasteiger partial charge on any atom is -0.325 e. The molecule has 0 aliphatic carbocycles. The Kier molecular flexibility index (Phi) is 4.94.